The highest BCUT2D eigenvalue weighted by molar-refractivity contribution is 7.74. The fourth-order valence-electron chi connectivity index (χ4n) is 4.06. The van der Waals surface area contributed by atoms with Crippen LogP contribution in [0.25, 0.3) is 0 Å². The highest BCUT2D eigenvalue weighted by Gasteiger charge is 2.11. The molecule has 0 aromatic carbocycles. The quantitative estimate of drug-likeness (QED) is 0.141. The summed E-state index contributed by atoms with van der Waals surface area (Å²) in [5, 5.41) is 0. The third-order valence-electron chi connectivity index (χ3n) is 5.92. The number of unbranched alkanes of at least 4 members (excludes halogenated alkanes) is 15. The lowest BCUT2D eigenvalue weighted by molar-refractivity contribution is 0.234. The van der Waals surface area contributed by atoms with Gasteiger partial charge in [-0.1, -0.05) is 103 Å². The summed E-state index contributed by atoms with van der Waals surface area (Å²) in [6.07, 6.45) is 27.5. The van der Waals surface area contributed by atoms with Crippen LogP contribution in [0, 0.1) is 0 Å². The highest BCUT2D eigenvalue weighted by atomic mass is 32.2. The average molecular weight is 444 g/mol. The lowest BCUT2D eigenvalue weighted by Gasteiger charge is -2.21. The minimum absolute atomic E-state index is 0.263. The van der Waals surface area contributed by atoms with Crippen LogP contribution in [-0.2, 0) is 15.5 Å². The van der Waals surface area contributed by atoms with Gasteiger partial charge in [-0.3, -0.25) is 0 Å². The predicted octanol–water partition coefficient (Wildman–Crippen LogP) is 6.50. The first-order valence-corrected chi connectivity index (χ1v) is 13.6. The summed E-state index contributed by atoms with van der Waals surface area (Å²) in [6.45, 7) is 5.42. The molecule has 1 aliphatic heterocycles. The molecule has 0 amide bonds. The second-order valence-electron chi connectivity index (χ2n) is 8.75. The van der Waals surface area contributed by atoms with Crippen molar-refractivity contribution in [3.8, 4) is 0 Å². The van der Waals surface area contributed by atoms with E-state index in [1.807, 2.05) is 0 Å². The fourth-order valence-corrected chi connectivity index (χ4v) is 4.32. The van der Waals surface area contributed by atoms with Crippen molar-refractivity contribution in [3.63, 3.8) is 0 Å². The Bertz CT molecular complexity index is 435. The number of nitrogens with zero attached hydrogens (tertiary/aromatic N) is 2. The summed E-state index contributed by atoms with van der Waals surface area (Å²) in [6, 6.07) is 0. The summed E-state index contributed by atoms with van der Waals surface area (Å²) in [5.74, 6) is 0. The fraction of sp³-hybridized carbons (Fsp3) is 0.917. The smallest absolute Gasteiger partial charge is 0.0893 e. The molecule has 0 spiro atoms. The molecular formula is C24H47N2O3S-. The molecule has 0 aromatic heterocycles. The Labute approximate surface area is 189 Å². The molecule has 0 fully saturated rings. The van der Waals surface area contributed by atoms with Crippen molar-refractivity contribution in [2.24, 2.45) is 0 Å². The molecule has 6 heteroatoms. The van der Waals surface area contributed by atoms with Crippen LogP contribution in [0.3, 0.4) is 0 Å². The molecule has 1 rings (SSSR count). The Kier molecular flexibility index (Phi) is 18.6. The zero-order valence-electron chi connectivity index (χ0n) is 19.5. The van der Waals surface area contributed by atoms with Gasteiger partial charge < -0.3 is 18.5 Å². The van der Waals surface area contributed by atoms with Crippen molar-refractivity contribution in [2.75, 3.05) is 26.4 Å². The maximum atomic E-state index is 10.3. The maximum absolute atomic E-state index is 10.3. The third kappa shape index (κ3) is 17.1. The van der Waals surface area contributed by atoms with Gasteiger partial charge in [0, 0.05) is 25.5 Å². The van der Waals surface area contributed by atoms with Gasteiger partial charge in [0.1, 0.15) is 0 Å². The summed E-state index contributed by atoms with van der Waals surface area (Å²) >= 11 is -2.39. The molecule has 1 aliphatic rings. The molecular weight excluding hydrogens is 396 g/mol. The van der Waals surface area contributed by atoms with Gasteiger partial charge in [0.15, 0.2) is 0 Å². The number of hydrogen-bond acceptors (Lipinski definition) is 5. The second-order valence-corrected chi connectivity index (χ2v) is 9.39. The molecule has 1 heterocycles. The van der Waals surface area contributed by atoms with E-state index in [9.17, 15) is 8.76 Å². The Morgan fingerprint density at radius 2 is 1.10 bits per heavy atom. The van der Waals surface area contributed by atoms with Crippen molar-refractivity contribution in [2.45, 2.75) is 116 Å². The molecule has 178 valence electrons. The highest BCUT2D eigenvalue weighted by Crippen LogP contribution is 2.14. The van der Waals surface area contributed by atoms with Crippen LogP contribution >= 0.6 is 0 Å². The van der Waals surface area contributed by atoms with E-state index in [0.717, 1.165) is 26.2 Å². The Hall–Kier alpha value is -0.590. The van der Waals surface area contributed by atoms with Gasteiger partial charge in [0.05, 0.1) is 24.6 Å². The van der Waals surface area contributed by atoms with Crippen LogP contribution in [0.5, 0.6) is 0 Å². The third-order valence-corrected chi connectivity index (χ3v) is 6.28. The SMILES string of the molecule is CCCCCCCCCCCCCCCCCCN1C=CN(CCCOS(=O)[O-])C1. The summed E-state index contributed by atoms with van der Waals surface area (Å²) in [4.78, 5) is 4.56. The summed E-state index contributed by atoms with van der Waals surface area (Å²) in [7, 11) is 0. The van der Waals surface area contributed by atoms with Gasteiger partial charge in [-0.25, -0.2) is 4.21 Å². The van der Waals surface area contributed by atoms with E-state index in [1.165, 1.54) is 103 Å². The first kappa shape index (κ1) is 27.4. The zero-order chi connectivity index (χ0) is 21.7. The Balaban J connectivity index is 1.76. The molecule has 0 radical (unpaired) electrons. The van der Waals surface area contributed by atoms with Crippen molar-refractivity contribution >= 4 is 11.4 Å². The Morgan fingerprint density at radius 3 is 1.53 bits per heavy atom. The minimum atomic E-state index is -2.39. The monoisotopic (exact) mass is 443 g/mol. The molecule has 0 N–H and O–H groups in total. The number of rotatable bonds is 22. The number of hydrogen-bond donors (Lipinski definition) is 0. The van der Waals surface area contributed by atoms with Crippen LogP contribution in [0.15, 0.2) is 12.4 Å². The van der Waals surface area contributed by atoms with Crippen LogP contribution < -0.4 is 0 Å². The van der Waals surface area contributed by atoms with E-state index in [2.05, 4.69) is 33.3 Å². The zero-order valence-corrected chi connectivity index (χ0v) is 20.3. The van der Waals surface area contributed by atoms with E-state index >= 15 is 0 Å². The van der Waals surface area contributed by atoms with Crippen LogP contribution in [0.2, 0.25) is 0 Å². The van der Waals surface area contributed by atoms with Crippen molar-refractivity contribution in [1.82, 2.24) is 9.80 Å². The van der Waals surface area contributed by atoms with E-state index in [4.69, 9.17) is 0 Å². The molecule has 0 saturated carbocycles. The molecule has 5 nitrogen and oxygen atoms in total. The standard InChI is InChI=1S/C24H48N2O3S/c1-2-3-4-5-6-7-8-9-10-11-12-13-14-15-16-17-19-25-21-22-26(24-25)20-18-23-29-30(27)28/h21-22H,2-20,23-24H2,1H3,(H,27,28)/p-1. The molecule has 0 aliphatic carbocycles. The lowest BCUT2D eigenvalue weighted by atomic mass is 10.0. The van der Waals surface area contributed by atoms with Crippen molar-refractivity contribution < 1.29 is 12.9 Å². The van der Waals surface area contributed by atoms with Gasteiger partial charge in [0.2, 0.25) is 0 Å². The molecule has 0 aromatic rings. The first-order chi connectivity index (χ1) is 14.7. The Morgan fingerprint density at radius 1 is 0.700 bits per heavy atom. The minimum Gasteiger partial charge on any atom is -0.750 e. The van der Waals surface area contributed by atoms with Gasteiger partial charge in [-0.05, 0) is 12.8 Å². The molecule has 0 saturated heterocycles. The second kappa shape index (κ2) is 20.3. The maximum Gasteiger partial charge on any atom is 0.0893 e. The van der Waals surface area contributed by atoms with E-state index in [-0.39, 0.29) is 6.61 Å². The molecule has 1 atom stereocenters. The normalized spacial score (nSPS) is 14.7. The van der Waals surface area contributed by atoms with Gasteiger partial charge in [0.25, 0.3) is 0 Å². The van der Waals surface area contributed by atoms with Gasteiger partial charge in [-0.2, -0.15) is 0 Å². The summed E-state index contributed by atoms with van der Waals surface area (Å²) < 4.78 is 25.2. The van der Waals surface area contributed by atoms with Gasteiger partial charge in [-0.15, -0.1) is 0 Å². The average Bonchev–Trinajstić information content (AvgIpc) is 3.18. The predicted molar refractivity (Wildman–Crippen MR) is 126 cm³/mol. The summed E-state index contributed by atoms with van der Waals surface area (Å²) in [5.41, 5.74) is 0. The van der Waals surface area contributed by atoms with E-state index in [1.54, 1.807) is 0 Å². The topological polar surface area (TPSA) is 55.8 Å². The van der Waals surface area contributed by atoms with E-state index < -0.39 is 11.4 Å². The van der Waals surface area contributed by atoms with E-state index in [0.29, 0.717) is 0 Å². The molecule has 0 bridgehead atoms. The first-order valence-electron chi connectivity index (χ1n) is 12.6. The van der Waals surface area contributed by atoms with Crippen molar-refractivity contribution in [1.29, 1.82) is 0 Å². The van der Waals surface area contributed by atoms with Gasteiger partial charge >= 0.3 is 0 Å². The van der Waals surface area contributed by atoms with Crippen LogP contribution in [0.1, 0.15) is 116 Å². The van der Waals surface area contributed by atoms with Crippen LogP contribution in [-0.4, -0.2) is 44.9 Å². The molecule has 30 heavy (non-hydrogen) atoms. The lowest BCUT2D eigenvalue weighted by Crippen LogP contribution is -2.27. The van der Waals surface area contributed by atoms with Crippen molar-refractivity contribution in [3.05, 3.63) is 12.4 Å². The van der Waals surface area contributed by atoms with Crippen LogP contribution in [0.4, 0.5) is 0 Å². The largest absolute Gasteiger partial charge is 0.750 e. The molecule has 1 unspecified atom stereocenters.